The van der Waals surface area contributed by atoms with Gasteiger partial charge in [-0.3, -0.25) is 9.69 Å². The first-order valence-electron chi connectivity index (χ1n) is 7.45. The molecule has 0 aromatic rings. The van der Waals surface area contributed by atoms with E-state index in [1.165, 1.54) is 6.26 Å². The number of morpholine rings is 1. The zero-order valence-electron chi connectivity index (χ0n) is 12.7. The lowest BCUT2D eigenvalue weighted by molar-refractivity contribution is -0.141. The maximum absolute atomic E-state index is 12.4. The quantitative estimate of drug-likeness (QED) is 0.737. The van der Waals surface area contributed by atoms with Gasteiger partial charge in [-0.05, 0) is 19.8 Å². The van der Waals surface area contributed by atoms with Gasteiger partial charge in [-0.15, -0.1) is 0 Å². The van der Waals surface area contributed by atoms with E-state index in [1.807, 2.05) is 11.8 Å². The van der Waals surface area contributed by atoms with Gasteiger partial charge in [-0.25, -0.2) is 13.1 Å². The largest absolute Gasteiger partial charge is 0.378 e. The number of likely N-dealkylation sites (tertiary alicyclic amines) is 1. The number of nitrogens with one attached hydrogen (secondary N) is 1. The molecule has 2 aliphatic rings. The Balaban J connectivity index is 1.82. The van der Waals surface area contributed by atoms with Gasteiger partial charge in [0.25, 0.3) is 0 Å². The molecule has 0 saturated carbocycles. The second-order valence-electron chi connectivity index (χ2n) is 5.81. The lowest BCUT2D eigenvalue weighted by atomic mass is 10.0. The van der Waals surface area contributed by atoms with Gasteiger partial charge in [0.2, 0.25) is 15.9 Å². The molecule has 2 fully saturated rings. The van der Waals surface area contributed by atoms with Crippen LogP contribution in [0.25, 0.3) is 0 Å². The number of hydrogen-bond acceptors (Lipinski definition) is 5. The molecule has 122 valence electrons. The first-order chi connectivity index (χ1) is 9.87. The zero-order valence-corrected chi connectivity index (χ0v) is 13.6. The highest BCUT2D eigenvalue weighted by Crippen LogP contribution is 2.15. The summed E-state index contributed by atoms with van der Waals surface area (Å²) in [5, 5.41) is 0. The minimum atomic E-state index is -3.15. The van der Waals surface area contributed by atoms with Gasteiger partial charge in [0.1, 0.15) is 0 Å². The van der Waals surface area contributed by atoms with Gasteiger partial charge in [0, 0.05) is 32.2 Å². The van der Waals surface area contributed by atoms with Crippen LogP contribution >= 0.6 is 0 Å². The third-order valence-corrected chi connectivity index (χ3v) is 4.90. The third kappa shape index (κ3) is 4.91. The Morgan fingerprint density at radius 3 is 2.29 bits per heavy atom. The first-order valence-corrected chi connectivity index (χ1v) is 9.34. The lowest BCUT2D eigenvalue weighted by Gasteiger charge is -2.38. The minimum absolute atomic E-state index is 0.0121. The fourth-order valence-electron chi connectivity index (χ4n) is 2.91. The highest BCUT2D eigenvalue weighted by atomic mass is 32.2. The van der Waals surface area contributed by atoms with Crippen LogP contribution in [0, 0.1) is 0 Å². The van der Waals surface area contributed by atoms with Gasteiger partial charge in [-0.1, -0.05) is 0 Å². The van der Waals surface area contributed by atoms with Gasteiger partial charge >= 0.3 is 0 Å². The summed E-state index contributed by atoms with van der Waals surface area (Å²) < 4.78 is 30.4. The smallest absolute Gasteiger partial charge is 0.239 e. The lowest BCUT2D eigenvalue weighted by Crippen LogP contribution is -2.54. The fraction of sp³-hybridized carbons (Fsp3) is 0.923. The topological polar surface area (TPSA) is 79.0 Å². The van der Waals surface area contributed by atoms with E-state index in [2.05, 4.69) is 9.62 Å². The van der Waals surface area contributed by atoms with Crippen molar-refractivity contribution in [2.24, 2.45) is 0 Å². The van der Waals surface area contributed by atoms with Gasteiger partial charge < -0.3 is 9.64 Å². The molecule has 0 aromatic heterocycles. The van der Waals surface area contributed by atoms with Crippen molar-refractivity contribution in [3.63, 3.8) is 0 Å². The van der Waals surface area contributed by atoms with E-state index >= 15 is 0 Å². The Morgan fingerprint density at radius 2 is 1.76 bits per heavy atom. The number of carbonyl (C=O) groups excluding carboxylic acids is 1. The van der Waals surface area contributed by atoms with E-state index in [-0.39, 0.29) is 18.0 Å². The van der Waals surface area contributed by atoms with Crippen molar-refractivity contribution in [2.75, 3.05) is 45.6 Å². The molecule has 2 saturated heterocycles. The van der Waals surface area contributed by atoms with Crippen LogP contribution < -0.4 is 4.72 Å². The number of rotatable bonds is 4. The summed E-state index contributed by atoms with van der Waals surface area (Å²) in [6, 6.07) is -0.163. The molecule has 0 bridgehead atoms. The summed E-state index contributed by atoms with van der Waals surface area (Å²) >= 11 is 0. The molecule has 1 atom stereocenters. The predicted octanol–water partition coefficient (Wildman–Crippen LogP) is -0.753. The monoisotopic (exact) mass is 319 g/mol. The Morgan fingerprint density at radius 1 is 1.19 bits per heavy atom. The van der Waals surface area contributed by atoms with E-state index < -0.39 is 10.0 Å². The Hall–Kier alpha value is -0.700. The van der Waals surface area contributed by atoms with Crippen molar-refractivity contribution in [2.45, 2.75) is 31.8 Å². The summed E-state index contributed by atoms with van der Waals surface area (Å²) in [7, 11) is -3.15. The molecule has 21 heavy (non-hydrogen) atoms. The molecule has 1 amide bonds. The number of amides is 1. The van der Waals surface area contributed by atoms with E-state index in [0.717, 1.165) is 25.9 Å². The van der Waals surface area contributed by atoms with E-state index in [1.54, 1.807) is 0 Å². The van der Waals surface area contributed by atoms with E-state index in [0.29, 0.717) is 26.3 Å². The molecule has 8 heteroatoms. The maximum atomic E-state index is 12.4. The van der Waals surface area contributed by atoms with Gasteiger partial charge in [0.15, 0.2) is 0 Å². The van der Waals surface area contributed by atoms with Crippen LogP contribution in [-0.4, -0.2) is 81.9 Å². The molecule has 1 N–H and O–H groups in total. The second-order valence-corrected chi connectivity index (χ2v) is 7.59. The molecule has 7 nitrogen and oxygen atoms in total. The highest BCUT2D eigenvalue weighted by Gasteiger charge is 2.30. The Labute approximate surface area is 126 Å². The minimum Gasteiger partial charge on any atom is -0.378 e. The number of hydrogen-bond donors (Lipinski definition) is 1. The predicted molar refractivity (Wildman–Crippen MR) is 79.4 cm³/mol. The van der Waals surface area contributed by atoms with Crippen LogP contribution in [0.5, 0.6) is 0 Å². The number of piperidine rings is 1. The molecule has 0 unspecified atom stereocenters. The van der Waals surface area contributed by atoms with Crippen LogP contribution in [-0.2, 0) is 19.6 Å². The molecule has 0 spiro atoms. The van der Waals surface area contributed by atoms with Crippen molar-refractivity contribution < 1.29 is 17.9 Å². The molecule has 0 radical (unpaired) electrons. The highest BCUT2D eigenvalue weighted by molar-refractivity contribution is 7.88. The van der Waals surface area contributed by atoms with Crippen LogP contribution in [0.15, 0.2) is 0 Å². The number of nitrogens with zero attached hydrogens (tertiary/aromatic N) is 2. The average molecular weight is 319 g/mol. The zero-order chi connectivity index (χ0) is 15.5. The fourth-order valence-corrected chi connectivity index (χ4v) is 3.75. The van der Waals surface area contributed by atoms with Gasteiger partial charge in [-0.2, -0.15) is 0 Å². The molecule has 0 aromatic carbocycles. The van der Waals surface area contributed by atoms with Crippen molar-refractivity contribution in [3.05, 3.63) is 0 Å². The SMILES string of the molecule is C[C@H](C(=O)N1CCOCC1)N1CCC(NS(C)(=O)=O)CC1. The standard InChI is InChI=1S/C13H25N3O4S/c1-11(13(17)16-7-9-20-10-8-16)15-5-3-12(4-6-15)14-21(2,18)19/h11-12,14H,3-10H2,1-2H3/t11-/m1/s1. The molecular formula is C13H25N3O4S. The van der Waals surface area contributed by atoms with Crippen molar-refractivity contribution >= 4 is 15.9 Å². The summed E-state index contributed by atoms with van der Waals surface area (Å²) in [6.45, 7) is 5.96. The van der Waals surface area contributed by atoms with Crippen LogP contribution in [0.4, 0.5) is 0 Å². The molecule has 2 rings (SSSR count). The van der Waals surface area contributed by atoms with Crippen molar-refractivity contribution in [1.29, 1.82) is 0 Å². The Bertz CT molecular complexity index is 454. The summed E-state index contributed by atoms with van der Waals surface area (Å²) in [6.07, 6.45) is 2.67. The van der Waals surface area contributed by atoms with Crippen molar-refractivity contribution in [1.82, 2.24) is 14.5 Å². The van der Waals surface area contributed by atoms with Crippen LogP contribution in [0.3, 0.4) is 0 Å². The van der Waals surface area contributed by atoms with E-state index in [9.17, 15) is 13.2 Å². The third-order valence-electron chi connectivity index (χ3n) is 4.14. The maximum Gasteiger partial charge on any atom is 0.239 e. The van der Waals surface area contributed by atoms with Crippen LogP contribution in [0.1, 0.15) is 19.8 Å². The summed E-state index contributed by atoms with van der Waals surface area (Å²) in [5.41, 5.74) is 0. The summed E-state index contributed by atoms with van der Waals surface area (Å²) in [5.74, 6) is 0.146. The number of ether oxygens (including phenoxy) is 1. The Kier molecular flexibility index (Phi) is 5.59. The molecule has 0 aliphatic carbocycles. The van der Waals surface area contributed by atoms with Gasteiger partial charge in [0.05, 0.1) is 25.5 Å². The molecule has 2 heterocycles. The van der Waals surface area contributed by atoms with Crippen LogP contribution in [0.2, 0.25) is 0 Å². The second kappa shape index (κ2) is 7.04. The molecule has 2 aliphatic heterocycles. The normalized spacial score (nSPS) is 24.0. The average Bonchev–Trinajstić information content (AvgIpc) is 2.46. The van der Waals surface area contributed by atoms with Crippen molar-refractivity contribution in [3.8, 4) is 0 Å². The summed E-state index contributed by atoms with van der Waals surface area (Å²) in [4.78, 5) is 16.4. The number of carbonyl (C=O) groups is 1. The number of sulfonamides is 1. The molecular weight excluding hydrogens is 294 g/mol. The first kappa shape index (κ1) is 16.7. The van der Waals surface area contributed by atoms with E-state index in [4.69, 9.17) is 4.74 Å².